The van der Waals surface area contributed by atoms with E-state index in [0.717, 1.165) is 24.3 Å². The molecule has 3 rings (SSSR count). The third kappa shape index (κ3) is 5.46. The maximum atomic E-state index is 12.8. The van der Waals surface area contributed by atoms with Crippen LogP contribution in [-0.2, 0) is 20.9 Å². The molecular formula is C24H29NO5. The molecule has 0 aliphatic carbocycles. The normalized spacial score (nSPS) is 16.0. The van der Waals surface area contributed by atoms with Gasteiger partial charge >= 0.3 is 5.97 Å². The number of carboxylic acids is 1. The molecule has 0 bridgehead atoms. The minimum absolute atomic E-state index is 0.0120. The van der Waals surface area contributed by atoms with Gasteiger partial charge in [-0.15, -0.1) is 0 Å². The fourth-order valence-corrected chi connectivity index (χ4v) is 3.36. The van der Waals surface area contributed by atoms with Gasteiger partial charge in [0.25, 0.3) is 0 Å². The average Bonchev–Trinajstić information content (AvgIpc) is 2.67. The second-order valence-electron chi connectivity index (χ2n) is 8.11. The summed E-state index contributed by atoms with van der Waals surface area (Å²) in [6.45, 7) is 7.70. The summed E-state index contributed by atoms with van der Waals surface area (Å²) >= 11 is 0. The van der Waals surface area contributed by atoms with Gasteiger partial charge in [-0.1, -0.05) is 50.2 Å². The topological polar surface area (TPSA) is 84.9 Å². The van der Waals surface area contributed by atoms with Gasteiger partial charge in [-0.2, -0.15) is 0 Å². The Morgan fingerprint density at radius 3 is 2.20 bits per heavy atom. The quantitative estimate of drug-likeness (QED) is 0.653. The summed E-state index contributed by atoms with van der Waals surface area (Å²) in [4.78, 5) is 23.8. The Labute approximate surface area is 177 Å². The Hall–Kier alpha value is -2.70. The van der Waals surface area contributed by atoms with Crippen LogP contribution >= 0.6 is 0 Å². The summed E-state index contributed by atoms with van der Waals surface area (Å²) in [5, 5.41) is 12.0. The van der Waals surface area contributed by atoms with Crippen LogP contribution in [0.15, 0.2) is 48.5 Å². The van der Waals surface area contributed by atoms with E-state index in [-0.39, 0.29) is 23.4 Å². The predicted octanol–water partition coefficient (Wildman–Crippen LogP) is 3.92. The van der Waals surface area contributed by atoms with Crippen molar-refractivity contribution in [2.24, 2.45) is 5.92 Å². The second kappa shape index (κ2) is 9.87. The standard InChI is InChI=1S/C24H29NO5/c1-15(2)22(30-12-17-4-6-19(7-5-17)21-13-29-14-21)23(26)25-16(3)18-8-10-20(11-9-18)24(27)28/h4-11,15-16,21-22H,12-14H2,1-3H3,(H,25,26)(H,27,28)/t16-,22?/m0/s1. The monoisotopic (exact) mass is 411 g/mol. The van der Waals surface area contributed by atoms with Crippen LogP contribution < -0.4 is 5.32 Å². The highest BCUT2D eigenvalue weighted by molar-refractivity contribution is 5.87. The van der Waals surface area contributed by atoms with Crippen molar-refractivity contribution in [2.45, 2.75) is 45.4 Å². The van der Waals surface area contributed by atoms with Crippen molar-refractivity contribution in [3.8, 4) is 0 Å². The molecule has 160 valence electrons. The average molecular weight is 411 g/mol. The fourth-order valence-electron chi connectivity index (χ4n) is 3.36. The van der Waals surface area contributed by atoms with Crippen LogP contribution in [0.2, 0.25) is 0 Å². The van der Waals surface area contributed by atoms with Crippen molar-refractivity contribution in [1.29, 1.82) is 0 Å². The van der Waals surface area contributed by atoms with Crippen molar-refractivity contribution < 1.29 is 24.2 Å². The highest BCUT2D eigenvalue weighted by Gasteiger charge is 2.25. The molecule has 1 unspecified atom stereocenters. The highest BCUT2D eigenvalue weighted by Crippen LogP contribution is 2.24. The van der Waals surface area contributed by atoms with E-state index in [2.05, 4.69) is 17.4 Å². The molecule has 2 N–H and O–H groups in total. The number of carbonyl (C=O) groups excluding carboxylic acids is 1. The van der Waals surface area contributed by atoms with Crippen LogP contribution in [0.25, 0.3) is 0 Å². The zero-order chi connectivity index (χ0) is 21.7. The summed E-state index contributed by atoms with van der Waals surface area (Å²) in [6.07, 6.45) is -0.578. The first-order valence-electron chi connectivity index (χ1n) is 10.3. The number of nitrogens with one attached hydrogen (secondary N) is 1. The third-order valence-corrected chi connectivity index (χ3v) is 5.40. The lowest BCUT2D eigenvalue weighted by Crippen LogP contribution is -2.40. The zero-order valence-corrected chi connectivity index (χ0v) is 17.6. The van der Waals surface area contributed by atoms with Crippen LogP contribution in [-0.4, -0.2) is 36.3 Å². The molecular weight excluding hydrogens is 382 g/mol. The van der Waals surface area contributed by atoms with Gasteiger partial charge in [-0.3, -0.25) is 4.79 Å². The maximum absolute atomic E-state index is 12.8. The molecule has 2 aromatic carbocycles. The van der Waals surface area contributed by atoms with Crippen molar-refractivity contribution in [3.63, 3.8) is 0 Å². The molecule has 0 spiro atoms. The molecule has 0 radical (unpaired) electrons. The summed E-state index contributed by atoms with van der Waals surface area (Å²) in [5.74, 6) is -0.651. The van der Waals surface area contributed by atoms with E-state index in [4.69, 9.17) is 14.6 Å². The summed E-state index contributed by atoms with van der Waals surface area (Å²) < 4.78 is 11.2. The van der Waals surface area contributed by atoms with E-state index in [0.29, 0.717) is 12.5 Å². The van der Waals surface area contributed by atoms with Crippen LogP contribution in [0.3, 0.4) is 0 Å². The van der Waals surface area contributed by atoms with E-state index >= 15 is 0 Å². The Bertz CT molecular complexity index is 856. The number of benzene rings is 2. The first-order chi connectivity index (χ1) is 14.3. The third-order valence-electron chi connectivity index (χ3n) is 5.40. The Balaban J connectivity index is 1.56. The van der Waals surface area contributed by atoms with Crippen molar-refractivity contribution in [3.05, 3.63) is 70.8 Å². The molecule has 1 aliphatic heterocycles. The van der Waals surface area contributed by atoms with Gasteiger partial charge in [0.15, 0.2) is 0 Å². The zero-order valence-electron chi connectivity index (χ0n) is 17.6. The molecule has 0 aromatic heterocycles. The Kier molecular flexibility index (Phi) is 7.24. The van der Waals surface area contributed by atoms with Crippen molar-refractivity contribution in [1.82, 2.24) is 5.32 Å². The van der Waals surface area contributed by atoms with E-state index in [9.17, 15) is 9.59 Å². The molecule has 2 aromatic rings. The van der Waals surface area contributed by atoms with E-state index in [1.54, 1.807) is 12.1 Å². The first-order valence-corrected chi connectivity index (χ1v) is 10.3. The number of hydrogen-bond donors (Lipinski definition) is 2. The van der Waals surface area contributed by atoms with Gasteiger partial charge in [0.05, 0.1) is 31.4 Å². The SMILES string of the molecule is CC(C)C(OCc1ccc(C2COC2)cc1)C(=O)N[C@@H](C)c1ccc(C(=O)O)cc1. The van der Waals surface area contributed by atoms with Crippen molar-refractivity contribution >= 4 is 11.9 Å². The van der Waals surface area contributed by atoms with Gasteiger partial charge < -0.3 is 19.9 Å². The van der Waals surface area contributed by atoms with Crippen LogP contribution in [0.1, 0.15) is 59.8 Å². The number of aromatic carboxylic acids is 1. The maximum Gasteiger partial charge on any atom is 0.335 e. The van der Waals surface area contributed by atoms with Gasteiger partial charge in [0.2, 0.25) is 5.91 Å². The molecule has 1 fully saturated rings. The minimum atomic E-state index is -0.972. The summed E-state index contributed by atoms with van der Waals surface area (Å²) in [7, 11) is 0. The molecule has 30 heavy (non-hydrogen) atoms. The van der Waals surface area contributed by atoms with E-state index in [1.165, 1.54) is 17.7 Å². The number of ether oxygens (including phenoxy) is 2. The smallest absolute Gasteiger partial charge is 0.335 e. The molecule has 1 saturated heterocycles. The predicted molar refractivity (Wildman–Crippen MR) is 113 cm³/mol. The van der Waals surface area contributed by atoms with E-state index < -0.39 is 12.1 Å². The number of amides is 1. The lowest BCUT2D eigenvalue weighted by Gasteiger charge is -2.26. The first kappa shape index (κ1) is 22.0. The lowest BCUT2D eigenvalue weighted by molar-refractivity contribution is -0.137. The van der Waals surface area contributed by atoms with Gasteiger partial charge in [-0.25, -0.2) is 4.79 Å². The molecule has 0 saturated carbocycles. The molecule has 1 amide bonds. The number of hydrogen-bond acceptors (Lipinski definition) is 4. The second-order valence-corrected chi connectivity index (χ2v) is 8.11. The number of carboxylic acid groups (broad SMARTS) is 1. The Morgan fingerprint density at radius 2 is 1.70 bits per heavy atom. The minimum Gasteiger partial charge on any atom is -0.478 e. The summed E-state index contributed by atoms with van der Waals surface area (Å²) in [5.41, 5.74) is 3.35. The van der Waals surface area contributed by atoms with Crippen LogP contribution in [0.4, 0.5) is 0 Å². The number of rotatable bonds is 9. The van der Waals surface area contributed by atoms with E-state index in [1.807, 2.05) is 32.9 Å². The molecule has 1 heterocycles. The van der Waals surface area contributed by atoms with Crippen LogP contribution in [0, 0.1) is 5.92 Å². The largest absolute Gasteiger partial charge is 0.478 e. The van der Waals surface area contributed by atoms with Crippen LogP contribution in [0.5, 0.6) is 0 Å². The van der Waals surface area contributed by atoms with Gasteiger partial charge in [0, 0.05) is 5.92 Å². The highest BCUT2D eigenvalue weighted by atomic mass is 16.5. The Morgan fingerprint density at radius 1 is 1.07 bits per heavy atom. The fraction of sp³-hybridized carbons (Fsp3) is 0.417. The van der Waals surface area contributed by atoms with Gasteiger partial charge in [-0.05, 0) is 41.7 Å². The molecule has 6 nitrogen and oxygen atoms in total. The molecule has 6 heteroatoms. The number of carbonyl (C=O) groups is 2. The van der Waals surface area contributed by atoms with Gasteiger partial charge in [0.1, 0.15) is 6.10 Å². The molecule has 2 atom stereocenters. The summed E-state index contributed by atoms with van der Waals surface area (Å²) in [6, 6.07) is 14.5. The molecule has 1 aliphatic rings. The lowest BCUT2D eigenvalue weighted by atomic mass is 9.97. The van der Waals surface area contributed by atoms with Crippen molar-refractivity contribution in [2.75, 3.05) is 13.2 Å².